The lowest BCUT2D eigenvalue weighted by atomic mass is 10.1. The fourth-order valence-electron chi connectivity index (χ4n) is 1.82. The van der Waals surface area contributed by atoms with E-state index in [9.17, 15) is 9.50 Å². The van der Waals surface area contributed by atoms with Crippen LogP contribution in [0.4, 0.5) is 10.1 Å². The molecular weight excluding hydrogens is 233 g/mol. The van der Waals surface area contributed by atoms with Gasteiger partial charge in [0.15, 0.2) is 0 Å². The first-order valence-electron chi connectivity index (χ1n) is 5.92. The molecule has 0 unspecified atom stereocenters. The third kappa shape index (κ3) is 3.82. The Morgan fingerprint density at radius 1 is 1.56 bits per heavy atom. The van der Waals surface area contributed by atoms with Gasteiger partial charge in [0.2, 0.25) is 0 Å². The van der Waals surface area contributed by atoms with Crippen molar-refractivity contribution < 1.29 is 14.2 Å². The number of benzene rings is 1. The lowest BCUT2D eigenvalue weighted by Gasteiger charge is -2.26. The average molecular weight is 253 g/mol. The summed E-state index contributed by atoms with van der Waals surface area (Å²) >= 11 is 0. The Morgan fingerprint density at radius 2 is 2.28 bits per heavy atom. The van der Waals surface area contributed by atoms with Crippen molar-refractivity contribution in [2.45, 2.75) is 13.0 Å². The highest BCUT2D eigenvalue weighted by Crippen LogP contribution is 2.27. The van der Waals surface area contributed by atoms with Gasteiger partial charge in [-0.05, 0) is 25.1 Å². The van der Waals surface area contributed by atoms with E-state index >= 15 is 0 Å². The fraction of sp³-hybridized carbons (Fsp3) is 0.429. The minimum absolute atomic E-state index is 0.347. The van der Waals surface area contributed by atoms with Gasteiger partial charge in [0, 0.05) is 31.5 Å². The van der Waals surface area contributed by atoms with Crippen molar-refractivity contribution in [2.24, 2.45) is 0 Å². The van der Waals surface area contributed by atoms with Crippen molar-refractivity contribution in [1.29, 1.82) is 0 Å². The molecule has 0 radical (unpaired) electrons. The monoisotopic (exact) mass is 253 g/mol. The number of rotatable bonds is 7. The van der Waals surface area contributed by atoms with Crippen LogP contribution >= 0.6 is 0 Å². The molecule has 100 valence electrons. The predicted molar refractivity (Wildman–Crippen MR) is 71.3 cm³/mol. The summed E-state index contributed by atoms with van der Waals surface area (Å²) < 4.78 is 18.3. The van der Waals surface area contributed by atoms with Crippen LogP contribution in [0.25, 0.3) is 0 Å². The normalized spacial score (nSPS) is 12.2. The summed E-state index contributed by atoms with van der Waals surface area (Å²) in [6, 6.07) is 4.43. The SMILES string of the molecule is C=CCN(CCOC)c1ccc(F)cc1[C@H](C)O. The highest BCUT2D eigenvalue weighted by atomic mass is 19.1. The molecule has 0 amide bonds. The number of ether oxygens (including phenoxy) is 1. The van der Waals surface area contributed by atoms with E-state index in [-0.39, 0.29) is 5.82 Å². The zero-order valence-corrected chi connectivity index (χ0v) is 10.9. The van der Waals surface area contributed by atoms with Crippen LogP contribution in [0.2, 0.25) is 0 Å². The molecule has 0 aromatic heterocycles. The van der Waals surface area contributed by atoms with Gasteiger partial charge in [0.1, 0.15) is 5.82 Å². The number of nitrogens with zero attached hydrogens (tertiary/aromatic N) is 1. The van der Waals surface area contributed by atoms with E-state index < -0.39 is 6.10 Å². The summed E-state index contributed by atoms with van der Waals surface area (Å²) in [6.45, 7) is 7.17. The highest BCUT2D eigenvalue weighted by molar-refractivity contribution is 5.55. The molecule has 1 N–H and O–H groups in total. The van der Waals surface area contributed by atoms with Gasteiger partial charge >= 0.3 is 0 Å². The van der Waals surface area contributed by atoms with Gasteiger partial charge in [-0.25, -0.2) is 4.39 Å². The third-order valence-corrected chi connectivity index (χ3v) is 2.70. The van der Waals surface area contributed by atoms with Crippen LogP contribution in [0.15, 0.2) is 30.9 Å². The molecule has 1 rings (SSSR count). The first-order chi connectivity index (χ1) is 8.60. The molecule has 0 aliphatic rings. The maximum Gasteiger partial charge on any atom is 0.123 e. The highest BCUT2D eigenvalue weighted by Gasteiger charge is 2.14. The van der Waals surface area contributed by atoms with Crippen LogP contribution < -0.4 is 4.90 Å². The zero-order valence-electron chi connectivity index (χ0n) is 10.9. The summed E-state index contributed by atoms with van der Waals surface area (Å²) in [4.78, 5) is 2.00. The Labute approximate surface area is 107 Å². The molecule has 0 fully saturated rings. The zero-order chi connectivity index (χ0) is 13.5. The van der Waals surface area contributed by atoms with Crippen molar-refractivity contribution in [3.05, 3.63) is 42.2 Å². The number of methoxy groups -OCH3 is 1. The molecule has 0 aliphatic carbocycles. The summed E-state index contributed by atoms with van der Waals surface area (Å²) in [5.74, 6) is -0.347. The minimum Gasteiger partial charge on any atom is -0.389 e. The van der Waals surface area contributed by atoms with Gasteiger partial charge in [0.05, 0.1) is 12.7 Å². The summed E-state index contributed by atoms with van der Waals surface area (Å²) in [7, 11) is 1.63. The van der Waals surface area contributed by atoms with Gasteiger partial charge < -0.3 is 14.7 Å². The van der Waals surface area contributed by atoms with Crippen molar-refractivity contribution in [1.82, 2.24) is 0 Å². The first-order valence-corrected chi connectivity index (χ1v) is 5.92. The number of hydrogen-bond acceptors (Lipinski definition) is 3. The molecule has 4 heteroatoms. The van der Waals surface area contributed by atoms with Gasteiger partial charge in [0.25, 0.3) is 0 Å². The van der Waals surface area contributed by atoms with Crippen LogP contribution in [0.1, 0.15) is 18.6 Å². The molecule has 1 aromatic carbocycles. The molecule has 0 saturated carbocycles. The number of anilines is 1. The van der Waals surface area contributed by atoms with Crippen LogP contribution in [-0.4, -0.2) is 31.9 Å². The molecule has 0 aliphatic heterocycles. The predicted octanol–water partition coefficient (Wildman–Crippen LogP) is 2.52. The van der Waals surface area contributed by atoms with Gasteiger partial charge in [-0.1, -0.05) is 6.08 Å². The Bertz CT molecular complexity index is 393. The summed E-state index contributed by atoms with van der Waals surface area (Å²) in [6.07, 6.45) is 1.05. The molecule has 0 spiro atoms. The van der Waals surface area contributed by atoms with E-state index in [1.165, 1.54) is 12.1 Å². The molecular formula is C14H20FNO2. The quantitative estimate of drug-likeness (QED) is 0.758. The lowest BCUT2D eigenvalue weighted by molar-refractivity contribution is 0.197. The average Bonchev–Trinajstić information content (AvgIpc) is 2.34. The van der Waals surface area contributed by atoms with Gasteiger partial charge in [-0.2, -0.15) is 0 Å². The van der Waals surface area contributed by atoms with E-state index in [0.717, 1.165) is 5.69 Å². The molecule has 18 heavy (non-hydrogen) atoms. The van der Waals surface area contributed by atoms with Crippen LogP contribution in [0.5, 0.6) is 0 Å². The Hall–Kier alpha value is -1.39. The van der Waals surface area contributed by atoms with E-state index in [0.29, 0.717) is 25.3 Å². The number of aliphatic hydroxyl groups excluding tert-OH is 1. The van der Waals surface area contributed by atoms with E-state index in [2.05, 4.69) is 6.58 Å². The lowest BCUT2D eigenvalue weighted by Crippen LogP contribution is -2.28. The Morgan fingerprint density at radius 3 is 2.83 bits per heavy atom. The second-order valence-corrected chi connectivity index (χ2v) is 4.11. The molecule has 1 aromatic rings. The van der Waals surface area contributed by atoms with Crippen molar-refractivity contribution in [3.8, 4) is 0 Å². The molecule has 0 bridgehead atoms. The van der Waals surface area contributed by atoms with E-state index in [1.54, 1.807) is 26.2 Å². The van der Waals surface area contributed by atoms with Crippen molar-refractivity contribution in [3.63, 3.8) is 0 Å². The van der Waals surface area contributed by atoms with Gasteiger partial charge in [-0.3, -0.25) is 0 Å². The molecule has 1 atom stereocenters. The number of aliphatic hydroxyl groups is 1. The maximum absolute atomic E-state index is 13.2. The fourth-order valence-corrected chi connectivity index (χ4v) is 1.82. The first kappa shape index (κ1) is 14.7. The summed E-state index contributed by atoms with van der Waals surface area (Å²) in [5.41, 5.74) is 1.39. The second-order valence-electron chi connectivity index (χ2n) is 4.11. The Balaban J connectivity index is 3.05. The molecule has 0 saturated heterocycles. The Kier molecular flexibility index (Phi) is 5.82. The largest absolute Gasteiger partial charge is 0.389 e. The number of hydrogen-bond donors (Lipinski definition) is 1. The van der Waals surface area contributed by atoms with Crippen LogP contribution in [0, 0.1) is 5.82 Å². The summed E-state index contributed by atoms with van der Waals surface area (Å²) in [5, 5.41) is 9.72. The van der Waals surface area contributed by atoms with E-state index in [4.69, 9.17) is 4.74 Å². The third-order valence-electron chi connectivity index (χ3n) is 2.70. The standard InChI is InChI=1S/C14H20FNO2/c1-4-7-16(8-9-18-3)14-6-5-12(15)10-13(14)11(2)17/h4-6,10-11,17H,1,7-9H2,2-3H3/t11-/m0/s1. The maximum atomic E-state index is 13.2. The molecule has 0 heterocycles. The van der Waals surface area contributed by atoms with Crippen LogP contribution in [0.3, 0.4) is 0 Å². The van der Waals surface area contributed by atoms with Crippen LogP contribution in [-0.2, 0) is 4.74 Å². The molecule has 3 nitrogen and oxygen atoms in total. The van der Waals surface area contributed by atoms with E-state index in [1.807, 2.05) is 4.90 Å². The number of halogens is 1. The van der Waals surface area contributed by atoms with Gasteiger partial charge in [-0.15, -0.1) is 6.58 Å². The topological polar surface area (TPSA) is 32.7 Å². The van der Waals surface area contributed by atoms with Crippen molar-refractivity contribution in [2.75, 3.05) is 31.7 Å². The smallest absolute Gasteiger partial charge is 0.123 e. The second kappa shape index (κ2) is 7.13. The minimum atomic E-state index is -0.717. The van der Waals surface area contributed by atoms with Crippen molar-refractivity contribution >= 4 is 5.69 Å².